The van der Waals surface area contributed by atoms with Gasteiger partial charge in [-0.15, -0.1) is 0 Å². The molecule has 0 aromatic carbocycles. The molecule has 110 valence electrons. The van der Waals surface area contributed by atoms with Crippen LogP contribution in [-0.2, 0) is 19.2 Å². The van der Waals surface area contributed by atoms with Crippen LogP contribution in [0.4, 0.5) is 0 Å². The second-order valence-electron chi connectivity index (χ2n) is 4.99. The molecule has 20 heavy (non-hydrogen) atoms. The number of carbonyl (C=O) groups is 4. The molecule has 0 bridgehead atoms. The fourth-order valence-electron chi connectivity index (χ4n) is 2.64. The molecule has 2 rings (SSSR count). The molecule has 0 aromatic heterocycles. The molecule has 2 atom stereocenters. The Hall–Kier alpha value is -2.12. The lowest BCUT2D eigenvalue weighted by Crippen LogP contribution is -2.62. The van der Waals surface area contributed by atoms with Gasteiger partial charge in [0.25, 0.3) is 5.91 Å². The van der Waals surface area contributed by atoms with Crippen LogP contribution in [0.2, 0.25) is 0 Å². The van der Waals surface area contributed by atoms with Crippen molar-refractivity contribution in [1.82, 2.24) is 15.3 Å². The summed E-state index contributed by atoms with van der Waals surface area (Å²) in [7, 11) is 0. The molecule has 3 amide bonds. The van der Waals surface area contributed by atoms with Crippen LogP contribution in [0.3, 0.4) is 0 Å². The van der Waals surface area contributed by atoms with Crippen LogP contribution in [0.25, 0.3) is 0 Å². The summed E-state index contributed by atoms with van der Waals surface area (Å²) >= 11 is 0. The Bertz CT molecular complexity index is 464. The fraction of sp³-hybridized carbons (Fsp3) is 0.667. The summed E-state index contributed by atoms with van der Waals surface area (Å²) in [4.78, 5) is 46.9. The van der Waals surface area contributed by atoms with E-state index in [1.807, 2.05) is 0 Å². The highest BCUT2D eigenvalue weighted by molar-refractivity contribution is 5.93. The maximum atomic E-state index is 12.4. The molecular weight excluding hydrogens is 266 g/mol. The first-order chi connectivity index (χ1) is 9.41. The van der Waals surface area contributed by atoms with Gasteiger partial charge in [-0.3, -0.25) is 19.4 Å². The van der Waals surface area contributed by atoms with Gasteiger partial charge in [0.2, 0.25) is 11.8 Å². The van der Waals surface area contributed by atoms with E-state index in [1.54, 1.807) is 0 Å². The lowest BCUT2D eigenvalue weighted by molar-refractivity contribution is -0.180. The summed E-state index contributed by atoms with van der Waals surface area (Å²) in [5.74, 6) is -2.33. The van der Waals surface area contributed by atoms with Gasteiger partial charge in [-0.25, -0.2) is 9.80 Å². The largest absolute Gasteiger partial charge is 0.480 e. The highest BCUT2D eigenvalue weighted by Gasteiger charge is 2.44. The van der Waals surface area contributed by atoms with Gasteiger partial charge in [0.05, 0.1) is 0 Å². The first-order valence-corrected chi connectivity index (χ1v) is 6.55. The van der Waals surface area contributed by atoms with E-state index in [0.29, 0.717) is 19.4 Å². The highest BCUT2D eigenvalue weighted by Crippen LogP contribution is 2.24. The van der Waals surface area contributed by atoms with E-state index in [-0.39, 0.29) is 24.7 Å². The van der Waals surface area contributed by atoms with Crippen LogP contribution in [0.5, 0.6) is 0 Å². The number of aliphatic carboxylic acids is 1. The molecule has 2 unspecified atom stereocenters. The Labute approximate surface area is 115 Å². The summed E-state index contributed by atoms with van der Waals surface area (Å²) in [6.45, 7) is 1.61. The molecule has 0 aliphatic carbocycles. The summed E-state index contributed by atoms with van der Waals surface area (Å²) in [5.41, 5.74) is 0. The smallest absolute Gasteiger partial charge is 0.328 e. The molecule has 2 aliphatic rings. The molecule has 0 radical (unpaired) electrons. The predicted octanol–water partition coefficient (Wildman–Crippen LogP) is -0.896. The van der Waals surface area contributed by atoms with Crippen molar-refractivity contribution >= 4 is 23.7 Å². The van der Waals surface area contributed by atoms with Crippen LogP contribution >= 0.6 is 0 Å². The number of hydrogen-bond acceptors (Lipinski definition) is 4. The molecular formula is C12H17N3O5. The van der Waals surface area contributed by atoms with Gasteiger partial charge in [0, 0.05) is 19.9 Å². The molecule has 2 saturated heterocycles. The molecule has 0 aromatic rings. The minimum atomic E-state index is -1.14. The second kappa shape index (κ2) is 5.48. The number of hydrazine groups is 1. The van der Waals surface area contributed by atoms with Crippen LogP contribution in [0.15, 0.2) is 0 Å². The number of nitrogens with one attached hydrogen (secondary N) is 1. The van der Waals surface area contributed by atoms with Crippen LogP contribution in [0.1, 0.15) is 32.6 Å². The minimum Gasteiger partial charge on any atom is -0.480 e. The third-order valence-corrected chi connectivity index (χ3v) is 3.52. The number of hydrogen-bond donors (Lipinski definition) is 2. The van der Waals surface area contributed by atoms with E-state index in [0.717, 1.165) is 5.01 Å². The van der Waals surface area contributed by atoms with Gasteiger partial charge in [-0.05, 0) is 19.3 Å². The molecule has 8 nitrogen and oxygen atoms in total. The van der Waals surface area contributed by atoms with E-state index >= 15 is 0 Å². The second-order valence-corrected chi connectivity index (χ2v) is 4.99. The average Bonchev–Trinajstić information content (AvgIpc) is 2.50. The monoisotopic (exact) mass is 283 g/mol. The van der Waals surface area contributed by atoms with Crippen molar-refractivity contribution in [1.29, 1.82) is 0 Å². The Kier molecular flexibility index (Phi) is 3.91. The van der Waals surface area contributed by atoms with Crippen LogP contribution in [-0.4, -0.2) is 57.4 Å². The standard InChI is InChI=1S/C12H17N3O5/c1-7(16)13-8-4-5-10(17)14-6-2-3-9(12(19)20)15(14)11(8)18/h8-9H,2-6H2,1H3,(H,13,16)(H,19,20). The third-order valence-electron chi connectivity index (χ3n) is 3.52. The SMILES string of the molecule is CC(=O)NC1CCC(=O)N2CCCC(C(=O)O)N2C1=O. The van der Waals surface area contributed by atoms with Gasteiger partial charge in [0.15, 0.2) is 6.04 Å². The van der Waals surface area contributed by atoms with Crippen molar-refractivity contribution in [3.05, 3.63) is 0 Å². The lowest BCUT2D eigenvalue weighted by Gasteiger charge is -2.41. The van der Waals surface area contributed by atoms with Crippen LogP contribution in [0, 0.1) is 0 Å². The van der Waals surface area contributed by atoms with E-state index in [1.165, 1.54) is 11.9 Å². The third kappa shape index (κ3) is 2.59. The van der Waals surface area contributed by atoms with Gasteiger partial charge < -0.3 is 10.4 Å². The van der Waals surface area contributed by atoms with Crippen molar-refractivity contribution in [3.63, 3.8) is 0 Å². The quantitative estimate of drug-likeness (QED) is 0.683. The zero-order valence-corrected chi connectivity index (χ0v) is 11.2. The van der Waals surface area contributed by atoms with Crippen molar-refractivity contribution in [3.8, 4) is 0 Å². The zero-order valence-electron chi connectivity index (χ0n) is 11.2. The molecule has 2 aliphatic heterocycles. The van der Waals surface area contributed by atoms with Gasteiger partial charge >= 0.3 is 5.97 Å². The molecule has 8 heteroatoms. The molecule has 2 fully saturated rings. The number of carboxylic acid groups (broad SMARTS) is 1. The Morgan fingerprint density at radius 2 is 2.00 bits per heavy atom. The van der Waals surface area contributed by atoms with Crippen molar-refractivity contribution in [2.75, 3.05) is 6.54 Å². The number of carbonyl (C=O) groups excluding carboxylic acids is 3. The number of carboxylic acids is 1. The topological polar surface area (TPSA) is 107 Å². The molecule has 0 spiro atoms. The molecule has 2 heterocycles. The minimum absolute atomic E-state index is 0.111. The van der Waals surface area contributed by atoms with Gasteiger partial charge in [0.1, 0.15) is 6.04 Å². The Morgan fingerprint density at radius 3 is 2.60 bits per heavy atom. The Balaban J connectivity index is 2.31. The van der Waals surface area contributed by atoms with Crippen molar-refractivity contribution in [2.45, 2.75) is 44.7 Å². The predicted molar refractivity (Wildman–Crippen MR) is 66.1 cm³/mol. The maximum Gasteiger partial charge on any atom is 0.328 e. The Morgan fingerprint density at radius 1 is 1.30 bits per heavy atom. The summed E-state index contributed by atoms with van der Waals surface area (Å²) in [6, 6.07) is -1.89. The summed E-state index contributed by atoms with van der Waals surface area (Å²) in [5, 5.41) is 13.9. The normalized spacial score (nSPS) is 26.9. The molecule has 0 saturated carbocycles. The number of nitrogens with zero attached hydrogens (tertiary/aromatic N) is 2. The fourth-order valence-corrected chi connectivity index (χ4v) is 2.64. The first kappa shape index (κ1) is 14.3. The number of fused-ring (bicyclic) bond motifs is 1. The van der Waals surface area contributed by atoms with E-state index in [4.69, 9.17) is 0 Å². The van der Waals surface area contributed by atoms with Crippen molar-refractivity contribution in [2.24, 2.45) is 0 Å². The zero-order chi connectivity index (χ0) is 14.9. The first-order valence-electron chi connectivity index (χ1n) is 6.55. The van der Waals surface area contributed by atoms with Gasteiger partial charge in [-0.2, -0.15) is 0 Å². The van der Waals surface area contributed by atoms with Crippen LogP contribution < -0.4 is 5.32 Å². The van der Waals surface area contributed by atoms with Crippen molar-refractivity contribution < 1.29 is 24.3 Å². The summed E-state index contributed by atoms with van der Waals surface area (Å²) < 4.78 is 0. The van der Waals surface area contributed by atoms with Gasteiger partial charge in [-0.1, -0.05) is 0 Å². The lowest BCUT2D eigenvalue weighted by atomic mass is 10.1. The number of amides is 3. The summed E-state index contributed by atoms with van der Waals surface area (Å²) in [6.07, 6.45) is 1.14. The average molecular weight is 283 g/mol. The van der Waals surface area contributed by atoms with E-state index in [2.05, 4.69) is 5.32 Å². The maximum absolute atomic E-state index is 12.4. The van der Waals surface area contributed by atoms with E-state index in [9.17, 15) is 24.3 Å². The highest BCUT2D eigenvalue weighted by atomic mass is 16.4. The number of rotatable bonds is 2. The van der Waals surface area contributed by atoms with E-state index < -0.39 is 24.0 Å². The molecule has 2 N–H and O–H groups in total.